The van der Waals surface area contributed by atoms with Crippen molar-refractivity contribution in [3.05, 3.63) is 79.5 Å². The van der Waals surface area contributed by atoms with Crippen LogP contribution in [0.15, 0.2) is 58.9 Å². The monoisotopic (exact) mass is 657 g/mol. The second kappa shape index (κ2) is 10.6. The summed E-state index contributed by atoms with van der Waals surface area (Å²) in [6.45, 7) is 11.2. The van der Waals surface area contributed by atoms with Gasteiger partial charge in [-0.15, -0.1) is 0 Å². The van der Waals surface area contributed by atoms with Crippen molar-refractivity contribution in [2.45, 2.75) is 72.8 Å². The molecule has 0 aromatic heterocycles. The number of rotatable bonds is 6. The third-order valence-corrected chi connectivity index (χ3v) is 8.94. The van der Waals surface area contributed by atoms with Crippen LogP contribution in [0.1, 0.15) is 77.3 Å². The SMILES string of the molecule is CCOc1cc(C2C3=C(CC(C)(C)CC3=O)N(C)C3=C2C(=O)CC(C)(C)C3)cc(I)c1OCc1ccc(F)cc1. The Morgan fingerprint density at radius 1 is 0.900 bits per heavy atom. The van der Waals surface area contributed by atoms with Crippen LogP contribution in [-0.4, -0.2) is 30.1 Å². The molecule has 0 unspecified atom stereocenters. The molecule has 0 atom stereocenters. The van der Waals surface area contributed by atoms with Crippen molar-refractivity contribution in [1.82, 2.24) is 4.90 Å². The van der Waals surface area contributed by atoms with Crippen molar-refractivity contribution in [3.63, 3.8) is 0 Å². The highest BCUT2D eigenvalue weighted by Crippen LogP contribution is 2.54. The molecule has 0 radical (unpaired) electrons. The van der Waals surface area contributed by atoms with Gasteiger partial charge in [-0.1, -0.05) is 39.8 Å². The zero-order chi connectivity index (χ0) is 29.0. The van der Waals surface area contributed by atoms with Crippen molar-refractivity contribution in [1.29, 1.82) is 0 Å². The van der Waals surface area contributed by atoms with Gasteiger partial charge in [0.25, 0.3) is 0 Å². The number of hydrogen-bond acceptors (Lipinski definition) is 5. The lowest BCUT2D eigenvalue weighted by molar-refractivity contribution is -0.119. The molecule has 0 spiro atoms. The summed E-state index contributed by atoms with van der Waals surface area (Å²) in [5.74, 6) is 0.654. The third kappa shape index (κ3) is 5.46. The van der Waals surface area contributed by atoms with Crippen LogP contribution in [0.5, 0.6) is 11.5 Å². The molecule has 2 aromatic carbocycles. The maximum absolute atomic E-state index is 13.8. The predicted molar refractivity (Wildman–Crippen MR) is 162 cm³/mol. The molecule has 0 bridgehead atoms. The Bertz CT molecular complexity index is 1380. The molecule has 0 N–H and O–H groups in total. The lowest BCUT2D eigenvalue weighted by Gasteiger charge is -2.48. The van der Waals surface area contributed by atoms with Crippen LogP contribution < -0.4 is 9.47 Å². The highest BCUT2D eigenvalue weighted by atomic mass is 127. The first-order valence-corrected chi connectivity index (χ1v) is 15.0. The van der Waals surface area contributed by atoms with E-state index < -0.39 is 5.92 Å². The number of carbonyl (C=O) groups is 2. The average Bonchev–Trinajstić information content (AvgIpc) is 2.85. The quantitative estimate of drug-likeness (QED) is 0.298. The van der Waals surface area contributed by atoms with Crippen LogP contribution in [0.25, 0.3) is 0 Å². The summed E-state index contributed by atoms with van der Waals surface area (Å²) in [5, 5.41) is 0. The molecule has 1 heterocycles. The molecule has 0 saturated heterocycles. The molecular weight excluding hydrogens is 620 g/mol. The number of benzene rings is 2. The van der Waals surface area contributed by atoms with Gasteiger partial charge in [-0.05, 0) is 88.6 Å². The summed E-state index contributed by atoms with van der Waals surface area (Å²) in [7, 11) is 2.02. The van der Waals surface area contributed by atoms with Crippen LogP contribution in [0.2, 0.25) is 0 Å². The summed E-state index contributed by atoms with van der Waals surface area (Å²) >= 11 is 2.24. The normalized spacial score (nSPS) is 20.4. The number of allylic oxidation sites excluding steroid dienone is 4. The van der Waals surface area contributed by atoms with E-state index in [1.165, 1.54) is 12.1 Å². The highest BCUT2D eigenvalue weighted by Gasteiger charge is 2.48. The van der Waals surface area contributed by atoms with Crippen molar-refractivity contribution in [2.75, 3.05) is 13.7 Å². The molecule has 2 aliphatic carbocycles. The number of halogens is 2. The van der Waals surface area contributed by atoms with Crippen LogP contribution >= 0.6 is 22.6 Å². The largest absolute Gasteiger partial charge is 0.490 e. The molecule has 1 aliphatic heterocycles. The second-order valence-electron chi connectivity index (χ2n) is 12.8. The van der Waals surface area contributed by atoms with Crippen molar-refractivity contribution in [3.8, 4) is 11.5 Å². The third-order valence-electron chi connectivity index (χ3n) is 8.14. The summed E-state index contributed by atoms with van der Waals surface area (Å²) in [5.41, 5.74) is 4.96. The molecule has 0 amide bonds. The minimum Gasteiger partial charge on any atom is -0.490 e. The van der Waals surface area contributed by atoms with E-state index in [0.717, 1.165) is 50.1 Å². The van der Waals surface area contributed by atoms with E-state index in [4.69, 9.17) is 9.47 Å². The first-order chi connectivity index (χ1) is 18.8. The molecule has 212 valence electrons. The van der Waals surface area contributed by atoms with Gasteiger partial charge in [0.1, 0.15) is 12.4 Å². The van der Waals surface area contributed by atoms with Gasteiger partial charge < -0.3 is 14.4 Å². The van der Waals surface area contributed by atoms with Gasteiger partial charge in [0.2, 0.25) is 0 Å². The first-order valence-electron chi connectivity index (χ1n) is 13.9. The Morgan fingerprint density at radius 2 is 1.45 bits per heavy atom. The minimum atomic E-state index is -0.438. The molecule has 3 aliphatic rings. The van der Waals surface area contributed by atoms with E-state index in [-0.39, 0.29) is 34.8 Å². The van der Waals surface area contributed by atoms with E-state index in [1.807, 2.05) is 26.1 Å². The Balaban J connectivity index is 1.63. The van der Waals surface area contributed by atoms with E-state index in [1.54, 1.807) is 12.1 Å². The van der Waals surface area contributed by atoms with Crippen LogP contribution in [0.4, 0.5) is 4.39 Å². The van der Waals surface area contributed by atoms with Gasteiger partial charge in [0.15, 0.2) is 23.1 Å². The highest BCUT2D eigenvalue weighted by molar-refractivity contribution is 14.1. The van der Waals surface area contributed by atoms with Crippen molar-refractivity contribution >= 4 is 34.2 Å². The van der Waals surface area contributed by atoms with E-state index in [9.17, 15) is 14.0 Å². The summed E-state index contributed by atoms with van der Waals surface area (Å²) in [4.78, 5) is 29.8. The molecule has 5 rings (SSSR count). The Hall–Kier alpha value is -2.68. The number of carbonyl (C=O) groups excluding carboxylic acids is 2. The topological polar surface area (TPSA) is 55.8 Å². The fourth-order valence-corrected chi connectivity index (χ4v) is 7.17. The fraction of sp³-hybridized carbons (Fsp3) is 0.455. The van der Waals surface area contributed by atoms with Gasteiger partial charge in [-0.25, -0.2) is 4.39 Å². The lowest BCUT2D eigenvalue weighted by atomic mass is 9.64. The maximum atomic E-state index is 13.8. The van der Waals surface area contributed by atoms with Gasteiger partial charge in [-0.2, -0.15) is 0 Å². The maximum Gasteiger partial charge on any atom is 0.174 e. The average molecular weight is 658 g/mol. The number of nitrogens with zero attached hydrogens (tertiary/aromatic N) is 1. The summed E-state index contributed by atoms with van der Waals surface area (Å²) in [6.07, 6.45) is 2.46. The Labute approximate surface area is 249 Å². The van der Waals surface area contributed by atoms with E-state index >= 15 is 0 Å². The standard InChI is InChI=1S/C33H37FINO4/c1-7-39-27-13-20(12-22(35)31(27)40-18-19-8-10-21(34)11-9-19)28-29-23(14-32(2,3)16-25(29)37)36(6)24-15-33(4,5)17-26(38)30(24)28/h8-13,28H,7,14-18H2,1-6H3. The van der Waals surface area contributed by atoms with E-state index in [2.05, 4.69) is 55.2 Å². The molecule has 5 nitrogen and oxygen atoms in total. The minimum absolute atomic E-state index is 0.108. The lowest BCUT2D eigenvalue weighted by Crippen LogP contribution is -2.43. The van der Waals surface area contributed by atoms with Crippen molar-refractivity contribution < 1.29 is 23.5 Å². The molecular formula is C33H37FINO4. The fourth-order valence-electron chi connectivity index (χ4n) is 6.39. The first kappa shape index (κ1) is 28.8. The molecule has 2 aromatic rings. The second-order valence-corrected chi connectivity index (χ2v) is 13.9. The number of ketones is 2. The molecule has 7 heteroatoms. The van der Waals surface area contributed by atoms with E-state index in [0.29, 0.717) is 30.9 Å². The molecule has 40 heavy (non-hydrogen) atoms. The van der Waals surface area contributed by atoms with Gasteiger partial charge in [0.05, 0.1) is 10.2 Å². The van der Waals surface area contributed by atoms with Crippen LogP contribution in [0, 0.1) is 20.2 Å². The smallest absolute Gasteiger partial charge is 0.174 e. The Morgan fingerprint density at radius 3 is 1.98 bits per heavy atom. The van der Waals surface area contributed by atoms with Crippen molar-refractivity contribution in [2.24, 2.45) is 10.8 Å². The number of ether oxygens (including phenoxy) is 2. The molecule has 0 saturated carbocycles. The van der Waals surface area contributed by atoms with Gasteiger partial charge in [0, 0.05) is 48.3 Å². The van der Waals surface area contributed by atoms with Crippen LogP contribution in [0.3, 0.4) is 0 Å². The number of Topliss-reactive ketones (excluding diaryl/α,β-unsaturated/α-hetero) is 2. The Kier molecular flexibility index (Phi) is 7.66. The van der Waals surface area contributed by atoms with Gasteiger partial charge >= 0.3 is 0 Å². The zero-order valence-corrected chi connectivity index (χ0v) is 26.3. The predicted octanol–water partition coefficient (Wildman–Crippen LogP) is 7.72. The van der Waals surface area contributed by atoms with Gasteiger partial charge in [-0.3, -0.25) is 9.59 Å². The summed E-state index contributed by atoms with van der Waals surface area (Å²) < 4.78 is 26.5. The zero-order valence-electron chi connectivity index (χ0n) is 24.1. The molecule has 0 fully saturated rings. The summed E-state index contributed by atoms with van der Waals surface area (Å²) in [6, 6.07) is 10.2. The number of hydrogen-bond donors (Lipinski definition) is 0. The van der Waals surface area contributed by atoms with Crippen LogP contribution in [-0.2, 0) is 16.2 Å².